The van der Waals surface area contributed by atoms with E-state index in [0.717, 1.165) is 80.0 Å². The van der Waals surface area contributed by atoms with Crippen LogP contribution in [0.3, 0.4) is 0 Å². The van der Waals surface area contributed by atoms with Gasteiger partial charge < -0.3 is 20.0 Å². The average Bonchev–Trinajstić information content (AvgIpc) is 3.18. The number of imidazole rings is 1. The van der Waals surface area contributed by atoms with Gasteiger partial charge in [-0.1, -0.05) is 53.2 Å². The van der Waals surface area contributed by atoms with Crippen LogP contribution in [-0.2, 0) is 11.3 Å². The first-order valence-corrected chi connectivity index (χ1v) is 14.2. The minimum Gasteiger partial charge on any atom is -0.356 e. The summed E-state index contributed by atoms with van der Waals surface area (Å²) in [7, 11) is 1.98. The average molecular weight is 522 g/mol. The van der Waals surface area contributed by atoms with Crippen LogP contribution in [-0.4, -0.2) is 41.0 Å². The molecule has 0 aliphatic rings. The Balaban J connectivity index is 0.000000332. The summed E-state index contributed by atoms with van der Waals surface area (Å²) in [6.07, 6.45) is 6.53. The van der Waals surface area contributed by atoms with Crippen LogP contribution in [0.15, 0.2) is 30.3 Å². The highest BCUT2D eigenvalue weighted by Crippen LogP contribution is 2.29. The predicted molar refractivity (Wildman–Crippen MR) is 162 cm³/mol. The third-order valence-corrected chi connectivity index (χ3v) is 7.11. The lowest BCUT2D eigenvalue weighted by molar-refractivity contribution is -0.116. The van der Waals surface area contributed by atoms with E-state index >= 15 is 0 Å². The maximum Gasteiger partial charge on any atom is 0.204 e. The number of aldehydes is 1. The van der Waals surface area contributed by atoms with Crippen molar-refractivity contribution in [2.75, 3.05) is 25.5 Å². The van der Waals surface area contributed by atoms with Crippen LogP contribution in [0.2, 0.25) is 0 Å². The van der Waals surface area contributed by atoms with Crippen molar-refractivity contribution in [2.45, 2.75) is 94.0 Å². The number of nitrogens with one attached hydrogen (secondary N) is 2. The largest absolute Gasteiger partial charge is 0.356 e. The van der Waals surface area contributed by atoms with E-state index in [2.05, 4.69) is 92.9 Å². The number of hydrogen-bond donors (Lipinski definition) is 2. The van der Waals surface area contributed by atoms with Crippen molar-refractivity contribution >= 4 is 23.3 Å². The van der Waals surface area contributed by atoms with Crippen molar-refractivity contribution in [3.8, 4) is 0 Å². The van der Waals surface area contributed by atoms with E-state index in [1.54, 1.807) is 0 Å². The van der Waals surface area contributed by atoms with Crippen molar-refractivity contribution in [1.29, 1.82) is 0 Å². The molecule has 1 unspecified atom stereocenters. The standard InChI is InChI=1S/C20H27N5.C12H24O/c1-14-11-15(2)19-18(12-14)25(13-17-8-5-7-16(3)23-17)20(24-19)22-10-6-9-21-4;1-6-12(5,10-13)9-7-8-11(2,3)4/h5,7-8,11-12,21H,6,9-10,13H2,1-4H3,(H,22,24);10H,6-9H2,1-5H3. The summed E-state index contributed by atoms with van der Waals surface area (Å²) in [5.41, 5.74) is 7.11. The second kappa shape index (κ2) is 14.4. The first-order valence-electron chi connectivity index (χ1n) is 14.2. The molecule has 0 bridgehead atoms. The van der Waals surface area contributed by atoms with Crippen LogP contribution in [0.25, 0.3) is 11.0 Å². The monoisotopic (exact) mass is 521 g/mol. The summed E-state index contributed by atoms with van der Waals surface area (Å²) in [4.78, 5) is 20.4. The molecule has 2 N–H and O–H groups in total. The number of carbonyl (C=O) groups excluding carboxylic acids is 1. The summed E-state index contributed by atoms with van der Waals surface area (Å²) in [5.74, 6) is 0.920. The Morgan fingerprint density at radius 1 is 0.974 bits per heavy atom. The summed E-state index contributed by atoms with van der Waals surface area (Å²) < 4.78 is 2.25. The van der Waals surface area contributed by atoms with Crippen LogP contribution in [0.1, 0.15) is 89.2 Å². The molecule has 0 fully saturated rings. The van der Waals surface area contributed by atoms with Gasteiger partial charge in [-0.2, -0.15) is 0 Å². The lowest BCUT2D eigenvalue weighted by Gasteiger charge is -2.24. The quantitative estimate of drug-likeness (QED) is 0.194. The van der Waals surface area contributed by atoms with E-state index in [0.29, 0.717) is 5.41 Å². The number of anilines is 1. The van der Waals surface area contributed by atoms with Crippen molar-refractivity contribution < 1.29 is 4.79 Å². The zero-order chi connectivity index (χ0) is 28.3. The maximum atomic E-state index is 10.8. The molecule has 0 spiro atoms. The highest BCUT2D eigenvalue weighted by atomic mass is 16.1. The lowest BCUT2D eigenvalue weighted by atomic mass is 9.80. The molecule has 1 atom stereocenters. The van der Waals surface area contributed by atoms with Crippen molar-refractivity contribution in [3.63, 3.8) is 0 Å². The second-order valence-electron chi connectivity index (χ2n) is 12.2. The van der Waals surface area contributed by atoms with Crippen molar-refractivity contribution in [2.24, 2.45) is 10.8 Å². The van der Waals surface area contributed by atoms with Crippen LogP contribution in [0.5, 0.6) is 0 Å². The molecule has 2 aromatic heterocycles. The van der Waals surface area contributed by atoms with Gasteiger partial charge >= 0.3 is 0 Å². The molecule has 6 nitrogen and oxygen atoms in total. The normalized spacial score (nSPS) is 13.1. The summed E-state index contributed by atoms with van der Waals surface area (Å²) in [5, 5.41) is 6.68. The lowest BCUT2D eigenvalue weighted by Crippen LogP contribution is -2.17. The number of benzene rings is 1. The predicted octanol–water partition coefficient (Wildman–Crippen LogP) is 7.24. The molecule has 1 aromatic carbocycles. The highest BCUT2D eigenvalue weighted by molar-refractivity contribution is 5.82. The molecule has 38 heavy (non-hydrogen) atoms. The van der Waals surface area contributed by atoms with Crippen LogP contribution in [0, 0.1) is 31.6 Å². The summed E-state index contributed by atoms with van der Waals surface area (Å²) >= 11 is 0. The minimum atomic E-state index is -0.0781. The number of hydrogen-bond acceptors (Lipinski definition) is 5. The summed E-state index contributed by atoms with van der Waals surface area (Å²) in [6, 6.07) is 10.6. The molecule has 0 aliphatic heterocycles. The third-order valence-electron chi connectivity index (χ3n) is 7.11. The Morgan fingerprint density at radius 3 is 2.32 bits per heavy atom. The van der Waals surface area contributed by atoms with Gasteiger partial charge in [0, 0.05) is 17.7 Å². The molecule has 0 aliphatic carbocycles. The zero-order valence-electron chi connectivity index (χ0n) is 25.4. The van der Waals surface area contributed by atoms with E-state index in [-0.39, 0.29) is 5.41 Å². The topological polar surface area (TPSA) is 71.8 Å². The SMILES string of the molecule is CCC(C)(C=O)CCCC(C)(C)C.CNCCCNc1nc2c(C)cc(C)cc2n1Cc1cccc(C)n1. The maximum absolute atomic E-state index is 10.8. The number of carbonyl (C=O) groups is 1. The number of nitrogens with zero attached hydrogens (tertiary/aromatic N) is 3. The van der Waals surface area contributed by atoms with E-state index in [9.17, 15) is 4.79 Å². The fourth-order valence-corrected chi connectivity index (χ4v) is 4.52. The first kappa shape index (κ1) is 31.5. The van der Waals surface area contributed by atoms with Gasteiger partial charge in [-0.05, 0) is 94.8 Å². The Hall–Kier alpha value is -2.73. The van der Waals surface area contributed by atoms with Crippen molar-refractivity contribution in [3.05, 3.63) is 52.8 Å². The van der Waals surface area contributed by atoms with E-state index in [1.165, 1.54) is 17.5 Å². The minimum absolute atomic E-state index is 0.0781. The van der Waals surface area contributed by atoms with Crippen LogP contribution >= 0.6 is 0 Å². The molecule has 0 saturated carbocycles. The first-order chi connectivity index (χ1) is 17.9. The van der Waals surface area contributed by atoms with Gasteiger partial charge in [0.25, 0.3) is 0 Å². The molecule has 6 heteroatoms. The third kappa shape index (κ3) is 9.86. The molecule has 0 saturated heterocycles. The van der Waals surface area contributed by atoms with E-state index in [1.807, 2.05) is 20.0 Å². The van der Waals surface area contributed by atoms with Gasteiger partial charge in [-0.25, -0.2) is 4.98 Å². The molecular formula is C32H51N5O. The van der Waals surface area contributed by atoms with Crippen molar-refractivity contribution in [1.82, 2.24) is 19.9 Å². The molecule has 0 amide bonds. The number of rotatable bonds is 12. The molecule has 210 valence electrons. The molecular weight excluding hydrogens is 470 g/mol. The second-order valence-corrected chi connectivity index (χ2v) is 12.2. The number of aromatic nitrogens is 3. The van der Waals surface area contributed by atoms with Gasteiger partial charge in [-0.15, -0.1) is 0 Å². The smallest absolute Gasteiger partial charge is 0.204 e. The van der Waals surface area contributed by atoms with Gasteiger partial charge in [0.05, 0.1) is 23.3 Å². The van der Waals surface area contributed by atoms with E-state index in [4.69, 9.17) is 4.98 Å². The fraction of sp³-hybridized carbons (Fsp3) is 0.594. The Labute approximate surface area is 231 Å². The number of aryl methyl sites for hydroxylation is 3. The molecule has 0 radical (unpaired) electrons. The van der Waals surface area contributed by atoms with Crippen LogP contribution < -0.4 is 10.6 Å². The Morgan fingerprint density at radius 2 is 1.71 bits per heavy atom. The Bertz CT molecular complexity index is 1160. The van der Waals surface area contributed by atoms with Gasteiger partial charge in [0.1, 0.15) is 6.29 Å². The number of pyridine rings is 1. The van der Waals surface area contributed by atoms with Gasteiger partial charge in [0.15, 0.2) is 0 Å². The Kier molecular flexibility index (Phi) is 12.0. The zero-order valence-corrected chi connectivity index (χ0v) is 25.4. The fourth-order valence-electron chi connectivity index (χ4n) is 4.52. The molecule has 3 aromatic rings. The highest BCUT2D eigenvalue weighted by Gasteiger charge is 2.21. The van der Waals surface area contributed by atoms with E-state index < -0.39 is 0 Å². The van der Waals surface area contributed by atoms with Crippen LogP contribution in [0.4, 0.5) is 5.95 Å². The van der Waals surface area contributed by atoms with Gasteiger partial charge in [-0.3, -0.25) is 4.98 Å². The summed E-state index contributed by atoms with van der Waals surface area (Å²) in [6.45, 7) is 19.8. The molecule has 2 heterocycles. The molecule has 3 rings (SSSR count). The van der Waals surface area contributed by atoms with Gasteiger partial charge in [0.2, 0.25) is 5.95 Å². The number of fused-ring (bicyclic) bond motifs is 1.